The van der Waals surface area contributed by atoms with E-state index in [4.69, 9.17) is 15.6 Å². The Kier molecular flexibility index (Phi) is 4.70. The third-order valence-corrected chi connectivity index (χ3v) is 2.61. The molecule has 16 heavy (non-hydrogen) atoms. The van der Waals surface area contributed by atoms with Crippen molar-refractivity contribution in [3.63, 3.8) is 0 Å². The van der Waals surface area contributed by atoms with E-state index in [-0.39, 0.29) is 12.3 Å². The second-order valence-corrected chi connectivity index (χ2v) is 3.89. The maximum Gasteiger partial charge on any atom is 0.306 e. The number of amides is 1. The van der Waals surface area contributed by atoms with Crippen LogP contribution in [-0.4, -0.2) is 53.7 Å². The van der Waals surface area contributed by atoms with E-state index in [1.165, 1.54) is 0 Å². The Labute approximate surface area is 94.3 Å². The summed E-state index contributed by atoms with van der Waals surface area (Å²) in [7, 11) is 0. The molecule has 0 aliphatic carbocycles. The quantitative estimate of drug-likeness (QED) is 0.674. The molecule has 0 radical (unpaired) electrons. The number of ether oxygens (including phenoxy) is 1. The van der Waals surface area contributed by atoms with Crippen molar-refractivity contribution < 1.29 is 19.4 Å². The van der Waals surface area contributed by atoms with Gasteiger partial charge in [-0.1, -0.05) is 6.92 Å². The highest BCUT2D eigenvalue weighted by Gasteiger charge is 2.27. The van der Waals surface area contributed by atoms with Crippen LogP contribution in [-0.2, 0) is 14.3 Å². The molecule has 1 saturated heterocycles. The molecular formula is C10H18N2O4. The monoisotopic (exact) mass is 230 g/mol. The Hall–Kier alpha value is -1.14. The number of hydrogen-bond acceptors (Lipinski definition) is 4. The predicted octanol–water partition coefficient (Wildman–Crippen LogP) is -0.574. The largest absolute Gasteiger partial charge is 0.481 e. The van der Waals surface area contributed by atoms with Crippen LogP contribution in [0.2, 0.25) is 0 Å². The van der Waals surface area contributed by atoms with Crippen molar-refractivity contribution in [1.82, 2.24) is 4.90 Å². The van der Waals surface area contributed by atoms with Crippen molar-refractivity contribution in [1.29, 1.82) is 0 Å². The lowest BCUT2D eigenvalue weighted by molar-refractivity contribution is -0.148. The van der Waals surface area contributed by atoms with Crippen molar-refractivity contribution in [3.05, 3.63) is 0 Å². The Balaban J connectivity index is 2.49. The molecule has 1 unspecified atom stereocenters. The smallest absolute Gasteiger partial charge is 0.306 e. The molecule has 1 fully saturated rings. The van der Waals surface area contributed by atoms with Gasteiger partial charge in [-0.25, -0.2) is 0 Å². The average Bonchev–Trinajstić information content (AvgIpc) is 2.26. The Morgan fingerprint density at radius 1 is 1.62 bits per heavy atom. The van der Waals surface area contributed by atoms with Crippen molar-refractivity contribution in [2.45, 2.75) is 31.9 Å². The number of carboxylic acids is 1. The molecule has 6 heteroatoms. The van der Waals surface area contributed by atoms with Gasteiger partial charge in [0.05, 0.1) is 25.2 Å². The Morgan fingerprint density at radius 3 is 2.88 bits per heavy atom. The second-order valence-electron chi connectivity index (χ2n) is 3.89. The topological polar surface area (TPSA) is 92.9 Å². The molecule has 1 aliphatic rings. The number of nitrogens with two attached hydrogens (primary N) is 1. The fourth-order valence-corrected chi connectivity index (χ4v) is 1.65. The van der Waals surface area contributed by atoms with Crippen LogP contribution in [0.25, 0.3) is 0 Å². The van der Waals surface area contributed by atoms with E-state index in [2.05, 4.69) is 0 Å². The highest BCUT2D eigenvalue weighted by molar-refractivity contribution is 5.81. The molecule has 0 spiro atoms. The van der Waals surface area contributed by atoms with Gasteiger partial charge in [-0.15, -0.1) is 0 Å². The molecule has 1 rings (SSSR count). The van der Waals surface area contributed by atoms with Crippen molar-refractivity contribution in [3.8, 4) is 0 Å². The minimum Gasteiger partial charge on any atom is -0.481 e. The Bertz CT molecular complexity index is 270. The summed E-state index contributed by atoms with van der Waals surface area (Å²) in [5.74, 6) is -1.04. The fourth-order valence-electron chi connectivity index (χ4n) is 1.65. The van der Waals surface area contributed by atoms with Gasteiger partial charge < -0.3 is 20.5 Å². The maximum atomic E-state index is 11.8. The van der Waals surface area contributed by atoms with E-state index < -0.39 is 18.1 Å². The molecule has 1 heterocycles. The maximum absolute atomic E-state index is 11.8. The predicted molar refractivity (Wildman–Crippen MR) is 56.8 cm³/mol. The van der Waals surface area contributed by atoms with Gasteiger partial charge in [0.25, 0.3) is 0 Å². The van der Waals surface area contributed by atoms with E-state index >= 15 is 0 Å². The molecule has 1 aliphatic heterocycles. The minimum absolute atomic E-state index is 0.0782. The van der Waals surface area contributed by atoms with Crippen LogP contribution in [0, 0.1) is 0 Å². The molecule has 0 aromatic carbocycles. The van der Waals surface area contributed by atoms with Crippen LogP contribution in [0.3, 0.4) is 0 Å². The lowest BCUT2D eigenvalue weighted by atomic mass is 10.1. The molecular weight excluding hydrogens is 212 g/mol. The van der Waals surface area contributed by atoms with Gasteiger partial charge in [-0.05, 0) is 6.42 Å². The van der Waals surface area contributed by atoms with Gasteiger partial charge in [0.1, 0.15) is 0 Å². The van der Waals surface area contributed by atoms with Crippen molar-refractivity contribution in [2.75, 3.05) is 19.7 Å². The molecule has 0 bridgehead atoms. The highest BCUT2D eigenvalue weighted by Crippen LogP contribution is 2.10. The van der Waals surface area contributed by atoms with Crippen LogP contribution >= 0.6 is 0 Å². The summed E-state index contributed by atoms with van der Waals surface area (Å²) in [6, 6.07) is -0.497. The van der Waals surface area contributed by atoms with Gasteiger partial charge >= 0.3 is 5.97 Å². The highest BCUT2D eigenvalue weighted by atomic mass is 16.5. The number of rotatable bonds is 4. The molecule has 6 nitrogen and oxygen atoms in total. The number of nitrogens with zero attached hydrogens (tertiary/aromatic N) is 1. The van der Waals surface area contributed by atoms with Gasteiger partial charge in [0.15, 0.2) is 0 Å². The number of aliphatic carboxylic acids is 1. The van der Waals surface area contributed by atoms with Crippen LogP contribution in [0.15, 0.2) is 0 Å². The lowest BCUT2D eigenvalue weighted by Gasteiger charge is -2.33. The van der Waals surface area contributed by atoms with Gasteiger partial charge in [0, 0.05) is 13.1 Å². The number of carbonyl (C=O) groups is 2. The van der Waals surface area contributed by atoms with Crippen LogP contribution < -0.4 is 5.73 Å². The molecule has 0 aromatic rings. The van der Waals surface area contributed by atoms with E-state index in [1.54, 1.807) is 4.90 Å². The zero-order chi connectivity index (χ0) is 12.1. The molecule has 2 atom stereocenters. The third-order valence-electron chi connectivity index (χ3n) is 2.61. The zero-order valence-corrected chi connectivity index (χ0v) is 9.39. The fraction of sp³-hybridized carbons (Fsp3) is 0.800. The standard InChI is InChI=1S/C10H18N2O4/c1-2-8(11)10(15)12-3-4-16-7(6-12)5-9(13)14/h7-8H,2-6,11H2,1H3,(H,13,14)/t7?,8-/m0/s1. The second kappa shape index (κ2) is 5.81. The van der Waals surface area contributed by atoms with Gasteiger partial charge in [-0.3, -0.25) is 9.59 Å². The van der Waals surface area contributed by atoms with Crippen LogP contribution in [0.1, 0.15) is 19.8 Å². The first kappa shape index (κ1) is 12.9. The number of carbonyl (C=O) groups excluding carboxylic acids is 1. The number of carboxylic acid groups (broad SMARTS) is 1. The summed E-state index contributed by atoms with van der Waals surface area (Å²) in [6.07, 6.45) is 0.0875. The van der Waals surface area contributed by atoms with Crippen LogP contribution in [0.5, 0.6) is 0 Å². The SMILES string of the molecule is CC[C@H](N)C(=O)N1CCOC(CC(=O)O)C1. The number of hydrogen-bond donors (Lipinski definition) is 2. The molecule has 1 amide bonds. The lowest BCUT2D eigenvalue weighted by Crippen LogP contribution is -2.51. The van der Waals surface area contributed by atoms with Gasteiger partial charge in [0.2, 0.25) is 5.91 Å². The first-order valence-corrected chi connectivity index (χ1v) is 5.42. The summed E-state index contributed by atoms with van der Waals surface area (Å²) in [5.41, 5.74) is 5.65. The minimum atomic E-state index is -0.918. The summed E-state index contributed by atoms with van der Waals surface area (Å²) in [6.45, 7) is 3.03. The zero-order valence-electron chi connectivity index (χ0n) is 9.39. The summed E-state index contributed by atoms with van der Waals surface area (Å²) in [4.78, 5) is 23.9. The molecule has 92 valence electrons. The van der Waals surface area contributed by atoms with Crippen molar-refractivity contribution in [2.24, 2.45) is 5.73 Å². The van der Waals surface area contributed by atoms with Crippen LogP contribution in [0.4, 0.5) is 0 Å². The summed E-state index contributed by atoms with van der Waals surface area (Å²) in [5, 5.41) is 8.64. The van der Waals surface area contributed by atoms with Crippen molar-refractivity contribution >= 4 is 11.9 Å². The third kappa shape index (κ3) is 3.46. The first-order chi connectivity index (χ1) is 7.54. The van der Waals surface area contributed by atoms with E-state index in [0.29, 0.717) is 26.1 Å². The number of morpholine rings is 1. The Morgan fingerprint density at radius 2 is 2.31 bits per heavy atom. The summed E-state index contributed by atoms with van der Waals surface area (Å²) >= 11 is 0. The summed E-state index contributed by atoms with van der Waals surface area (Å²) < 4.78 is 5.27. The average molecular weight is 230 g/mol. The normalized spacial score (nSPS) is 22.9. The van der Waals surface area contributed by atoms with E-state index in [9.17, 15) is 9.59 Å². The van der Waals surface area contributed by atoms with Gasteiger partial charge in [-0.2, -0.15) is 0 Å². The van der Waals surface area contributed by atoms with E-state index in [0.717, 1.165) is 0 Å². The molecule has 0 saturated carbocycles. The molecule has 0 aromatic heterocycles. The van der Waals surface area contributed by atoms with E-state index in [1.807, 2.05) is 6.92 Å². The first-order valence-electron chi connectivity index (χ1n) is 5.42. The molecule has 3 N–H and O–H groups in total.